The van der Waals surface area contributed by atoms with E-state index < -0.39 is 0 Å². The fourth-order valence-electron chi connectivity index (χ4n) is 3.28. The van der Waals surface area contributed by atoms with Crippen LogP contribution in [0.1, 0.15) is 39.5 Å². The van der Waals surface area contributed by atoms with Crippen molar-refractivity contribution in [2.75, 3.05) is 32.7 Å². The van der Waals surface area contributed by atoms with Gasteiger partial charge >= 0.3 is 0 Å². The molecule has 2 aliphatic rings. The third kappa shape index (κ3) is 5.06. The number of hydrogen-bond donors (Lipinski definition) is 1. The van der Waals surface area contributed by atoms with Gasteiger partial charge < -0.3 is 10.2 Å². The molecule has 2 aliphatic heterocycles. The summed E-state index contributed by atoms with van der Waals surface area (Å²) in [4.78, 5) is 16.8. The van der Waals surface area contributed by atoms with Crippen LogP contribution in [0.4, 0.5) is 0 Å². The van der Waals surface area contributed by atoms with Gasteiger partial charge in [-0.15, -0.1) is 24.8 Å². The number of amides is 1. The molecular weight excluding hydrogens is 297 g/mol. The summed E-state index contributed by atoms with van der Waals surface area (Å²) in [5.74, 6) is 0.351. The fourth-order valence-corrected chi connectivity index (χ4v) is 3.28. The number of halogens is 2. The summed E-state index contributed by atoms with van der Waals surface area (Å²) < 4.78 is 0. The smallest absolute Gasteiger partial charge is 0.224 e. The van der Waals surface area contributed by atoms with E-state index in [0.29, 0.717) is 24.4 Å². The summed E-state index contributed by atoms with van der Waals surface area (Å²) in [5.41, 5.74) is 0. The van der Waals surface area contributed by atoms with E-state index in [-0.39, 0.29) is 24.8 Å². The second-order valence-corrected chi connectivity index (χ2v) is 5.50. The van der Waals surface area contributed by atoms with Gasteiger partial charge in [-0.05, 0) is 38.9 Å². The van der Waals surface area contributed by atoms with Crippen molar-refractivity contribution in [3.63, 3.8) is 0 Å². The van der Waals surface area contributed by atoms with Gasteiger partial charge in [-0.1, -0.05) is 13.8 Å². The molecule has 120 valence electrons. The van der Waals surface area contributed by atoms with E-state index in [4.69, 9.17) is 0 Å². The standard InChI is InChI=1S/C14H27N3O.2ClH/c1-3-16(4-2)13-7-9-17(11-13)14(18)10-12-6-5-8-15-12;;/h12-13,15H,3-11H2,1-2H3;2*1H. The molecule has 1 amide bonds. The Labute approximate surface area is 135 Å². The molecular formula is C14H29Cl2N3O. The molecule has 2 heterocycles. The lowest BCUT2D eigenvalue weighted by molar-refractivity contribution is -0.130. The summed E-state index contributed by atoms with van der Waals surface area (Å²) in [5, 5.41) is 3.41. The van der Waals surface area contributed by atoms with Crippen molar-refractivity contribution in [2.24, 2.45) is 0 Å². The van der Waals surface area contributed by atoms with Gasteiger partial charge in [0, 0.05) is 31.6 Å². The third-order valence-corrected chi connectivity index (χ3v) is 4.43. The highest BCUT2D eigenvalue weighted by molar-refractivity contribution is 5.85. The van der Waals surface area contributed by atoms with Crippen molar-refractivity contribution in [3.8, 4) is 0 Å². The van der Waals surface area contributed by atoms with E-state index in [1.54, 1.807) is 0 Å². The second kappa shape index (κ2) is 9.82. The van der Waals surface area contributed by atoms with Crippen LogP contribution < -0.4 is 5.32 Å². The average Bonchev–Trinajstić information content (AvgIpc) is 3.01. The van der Waals surface area contributed by atoms with E-state index >= 15 is 0 Å². The van der Waals surface area contributed by atoms with E-state index in [0.717, 1.165) is 39.1 Å². The van der Waals surface area contributed by atoms with Gasteiger partial charge in [0.2, 0.25) is 5.91 Å². The second-order valence-electron chi connectivity index (χ2n) is 5.50. The van der Waals surface area contributed by atoms with Gasteiger partial charge in [0.1, 0.15) is 0 Å². The number of nitrogens with one attached hydrogen (secondary N) is 1. The summed E-state index contributed by atoms with van der Waals surface area (Å²) in [6.07, 6.45) is 4.23. The maximum Gasteiger partial charge on any atom is 0.224 e. The molecule has 6 heteroatoms. The van der Waals surface area contributed by atoms with Gasteiger partial charge in [0.05, 0.1) is 0 Å². The molecule has 0 aromatic carbocycles. The Morgan fingerprint density at radius 3 is 2.50 bits per heavy atom. The first-order valence-corrected chi connectivity index (χ1v) is 7.49. The molecule has 1 N–H and O–H groups in total. The Kier molecular flexibility index (Phi) is 9.81. The first-order valence-electron chi connectivity index (χ1n) is 7.49. The van der Waals surface area contributed by atoms with Crippen molar-refractivity contribution in [2.45, 2.75) is 51.6 Å². The molecule has 0 aromatic heterocycles. The van der Waals surface area contributed by atoms with Crippen LogP contribution in [0.3, 0.4) is 0 Å². The van der Waals surface area contributed by atoms with Crippen LogP contribution in [0, 0.1) is 0 Å². The number of carbonyl (C=O) groups is 1. The van der Waals surface area contributed by atoms with Crippen LogP contribution >= 0.6 is 24.8 Å². The van der Waals surface area contributed by atoms with E-state index in [2.05, 4.69) is 29.0 Å². The lowest BCUT2D eigenvalue weighted by atomic mass is 10.1. The molecule has 4 nitrogen and oxygen atoms in total. The van der Waals surface area contributed by atoms with E-state index in [1.807, 2.05) is 0 Å². The topological polar surface area (TPSA) is 35.6 Å². The predicted octanol–water partition coefficient (Wildman–Crippen LogP) is 1.91. The minimum atomic E-state index is 0. The molecule has 0 aliphatic carbocycles. The van der Waals surface area contributed by atoms with Crippen molar-refractivity contribution in [1.29, 1.82) is 0 Å². The Bertz CT molecular complexity index is 282. The monoisotopic (exact) mass is 325 g/mol. The van der Waals surface area contributed by atoms with Gasteiger partial charge in [-0.3, -0.25) is 9.69 Å². The Hall–Kier alpha value is -0.0300. The number of hydrogen-bond acceptors (Lipinski definition) is 3. The molecule has 2 rings (SSSR count). The third-order valence-electron chi connectivity index (χ3n) is 4.43. The Morgan fingerprint density at radius 2 is 1.95 bits per heavy atom. The molecule has 0 aromatic rings. The predicted molar refractivity (Wildman–Crippen MR) is 88.0 cm³/mol. The highest BCUT2D eigenvalue weighted by Crippen LogP contribution is 2.18. The number of rotatable bonds is 5. The zero-order chi connectivity index (χ0) is 13.0. The maximum absolute atomic E-state index is 12.2. The summed E-state index contributed by atoms with van der Waals surface area (Å²) in [6.45, 7) is 9.56. The summed E-state index contributed by atoms with van der Waals surface area (Å²) in [6, 6.07) is 1.02. The Morgan fingerprint density at radius 1 is 1.25 bits per heavy atom. The first kappa shape index (κ1) is 20.0. The van der Waals surface area contributed by atoms with Crippen LogP contribution in [0.15, 0.2) is 0 Å². The SMILES string of the molecule is CCN(CC)C1CCN(C(=O)CC2CCCN2)C1.Cl.Cl. The van der Waals surface area contributed by atoms with Crippen molar-refractivity contribution in [1.82, 2.24) is 15.1 Å². The number of carbonyl (C=O) groups excluding carboxylic acids is 1. The maximum atomic E-state index is 12.2. The molecule has 2 unspecified atom stereocenters. The summed E-state index contributed by atoms with van der Waals surface area (Å²) >= 11 is 0. The van der Waals surface area contributed by atoms with Crippen LogP contribution in [0.2, 0.25) is 0 Å². The highest BCUT2D eigenvalue weighted by Gasteiger charge is 2.30. The van der Waals surface area contributed by atoms with Crippen LogP contribution in [-0.4, -0.2) is 60.5 Å². The van der Waals surface area contributed by atoms with Gasteiger partial charge in [-0.2, -0.15) is 0 Å². The fraction of sp³-hybridized carbons (Fsp3) is 0.929. The van der Waals surface area contributed by atoms with Crippen molar-refractivity contribution in [3.05, 3.63) is 0 Å². The zero-order valence-corrected chi connectivity index (χ0v) is 14.3. The minimum absolute atomic E-state index is 0. The lowest BCUT2D eigenvalue weighted by Crippen LogP contribution is -2.39. The number of likely N-dealkylation sites (N-methyl/N-ethyl adjacent to an activating group) is 1. The molecule has 20 heavy (non-hydrogen) atoms. The van der Waals surface area contributed by atoms with E-state index in [1.165, 1.54) is 12.8 Å². The number of nitrogens with zero attached hydrogens (tertiary/aromatic N) is 2. The Balaban J connectivity index is 0.00000180. The van der Waals surface area contributed by atoms with E-state index in [9.17, 15) is 4.79 Å². The van der Waals surface area contributed by atoms with Crippen LogP contribution in [0.5, 0.6) is 0 Å². The molecule has 0 radical (unpaired) electrons. The molecule has 2 atom stereocenters. The summed E-state index contributed by atoms with van der Waals surface area (Å²) in [7, 11) is 0. The van der Waals surface area contributed by atoms with Gasteiger partial charge in [0.25, 0.3) is 0 Å². The first-order chi connectivity index (χ1) is 8.74. The van der Waals surface area contributed by atoms with Crippen LogP contribution in [0.25, 0.3) is 0 Å². The zero-order valence-electron chi connectivity index (χ0n) is 12.6. The van der Waals surface area contributed by atoms with Crippen molar-refractivity contribution >= 4 is 30.7 Å². The quantitative estimate of drug-likeness (QED) is 0.838. The molecule has 2 fully saturated rings. The van der Waals surface area contributed by atoms with Crippen molar-refractivity contribution < 1.29 is 4.79 Å². The minimum Gasteiger partial charge on any atom is -0.341 e. The van der Waals surface area contributed by atoms with Gasteiger partial charge in [0.15, 0.2) is 0 Å². The highest BCUT2D eigenvalue weighted by atomic mass is 35.5. The number of likely N-dealkylation sites (tertiary alicyclic amines) is 1. The van der Waals surface area contributed by atoms with Crippen LogP contribution in [-0.2, 0) is 4.79 Å². The molecule has 2 saturated heterocycles. The molecule has 0 spiro atoms. The average molecular weight is 326 g/mol. The molecule has 0 saturated carbocycles. The normalized spacial score (nSPS) is 25.4. The molecule has 0 bridgehead atoms. The van der Waals surface area contributed by atoms with Gasteiger partial charge in [-0.25, -0.2) is 0 Å². The lowest BCUT2D eigenvalue weighted by Gasteiger charge is -2.26. The largest absolute Gasteiger partial charge is 0.341 e.